The number of amides is 2. The van der Waals surface area contributed by atoms with Crippen molar-refractivity contribution in [2.75, 3.05) is 37.0 Å². The lowest BCUT2D eigenvalue weighted by Crippen LogP contribution is -2.30. The third-order valence-corrected chi connectivity index (χ3v) is 6.12. The van der Waals surface area contributed by atoms with Gasteiger partial charge in [0.05, 0.1) is 11.3 Å². The normalized spacial score (nSPS) is 12.6. The number of para-hydroxylation sites is 1. The van der Waals surface area contributed by atoms with Crippen molar-refractivity contribution < 1.29 is 14.3 Å². The molecule has 3 rings (SSSR count). The van der Waals surface area contributed by atoms with E-state index in [0.29, 0.717) is 24.5 Å². The van der Waals surface area contributed by atoms with Crippen LogP contribution in [0.4, 0.5) is 5.69 Å². The largest absolute Gasteiger partial charge is 0.381 e. The van der Waals surface area contributed by atoms with Crippen molar-refractivity contribution in [2.24, 2.45) is 0 Å². The molecule has 160 valence electrons. The Morgan fingerprint density at radius 3 is 2.70 bits per heavy atom. The van der Waals surface area contributed by atoms with E-state index in [1.807, 2.05) is 47.4 Å². The quantitative estimate of drug-likeness (QED) is 0.430. The fourth-order valence-corrected chi connectivity index (χ4v) is 4.34. The van der Waals surface area contributed by atoms with Crippen molar-refractivity contribution in [1.29, 1.82) is 0 Å². The molecule has 5 nitrogen and oxygen atoms in total. The van der Waals surface area contributed by atoms with Crippen LogP contribution in [0.2, 0.25) is 0 Å². The Balaban J connectivity index is 1.49. The number of thioether (sulfide) groups is 1. The molecule has 2 aromatic carbocycles. The number of carbonyl (C=O) groups excluding carboxylic acids is 2. The molecule has 0 saturated carbocycles. The van der Waals surface area contributed by atoms with Gasteiger partial charge in [0.2, 0.25) is 5.91 Å². The Bertz CT molecular complexity index is 856. The Morgan fingerprint density at radius 2 is 1.83 bits per heavy atom. The summed E-state index contributed by atoms with van der Waals surface area (Å²) in [6.07, 6.45) is 3.88. The van der Waals surface area contributed by atoms with E-state index in [-0.39, 0.29) is 11.8 Å². The highest BCUT2D eigenvalue weighted by atomic mass is 32.2. The maximum Gasteiger partial charge on any atom is 0.252 e. The maximum absolute atomic E-state index is 12.8. The molecule has 0 atom stereocenters. The Hall–Kier alpha value is -2.31. The predicted molar refractivity (Wildman–Crippen MR) is 122 cm³/mol. The van der Waals surface area contributed by atoms with E-state index < -0.39 is 0 Å². The highest BCUT2D eigenvalue weighted by Crippen LogP contribution is 2.29. The van der Waals surface area contributed by atoms with Gasteiger partial charge in [-0.25, -0.2) is 0 Å². The third-order valence-electron chi connectivity index (χ3n) is 5.06. The molecular formula is C24H30N2O3S. The zero-order valence-electron chi connectivity index (χ0n) is 17.6. The zero-order valence-corrected chi connectivity index (χ0v) is 18.4. The molecular weight excluding hydrogens is 396 g/mol. The molecule has 0 bridgehead atoms. The van der Waals surface area contributed by atoms with E-state index in [9.17, 15) is 9.59 Å². The summed E-state index contributed by atoms with van der Waals surface area (Å²) < 4.78 is 5.53. The first-order valence-corrected chi connectivity index (χ1v) is 11.6. The van der Waals surface area contributed by atoms with Gasteiger partial charge in [-0.2, -0.15) is 0 Å². The molecule has 1 heterocycles. The van der Waals surface area contributed by atoms with Gasteiger partial charge in [-0.3, -0.25) is 9.59 Å². The van der Waals surface area contributed by atoms with Crippen LogP contribution in [0.1, 0.15) is 42.1 Å². The second-order valence-corrected chi connectivity index (χ2v) is 8.30. The summed E-state index contributed by atoms with van der Waals surface area (Å²) in [7, 11) is 0. The molecule has 2 aromatic rings. The highest BCUT2D eigenvalue weighted by molar-refractivity contribution is 8.00. The van der Waals surface area contributed by atoms with Crippen LogP contribution < -0.4 is 10.2 Å². The topological polar surface area (TPSA) is 58.6 Å². The molecule has 1 aliphatic heterocycles. The lowest BCUT2D eigenvalue weighted by molar-refractivity contribution is -0.116. The number of hydrogen-bond acceptors (Lipinski definition) is 4. The van der Waals surface area contributed by atoms with Crippen LogP contribution in [-0.2, 0) is 16.0 Å². The van der Waals surface area contributed by atoms with Gasteiger partial charge < -0.3 is 15.0 Å². The summed E-state index contributed by atoms with van der Waals surface area (Å²) >= 11 is 1.42. The number of benzene rings is 2. The van der Waals surface area contributed by atoms with E-state index in [1.165, 1.54) is 17.3 Å². The standard InChI is InChI=1S/C24H30N2O3S/c1-2-3-16-29-17-8-14-25-24(28)20-10-5-7-12-22(20)30-18-23(27)26-15-13-19-9-4-6-11-21(19)26/h4-7,9-12H,2-3,8,13-18H2,1H3,(H,25,28). The monoisotopic (exact) mass is 426 g/mol. The Kier molecular flexibility index (Phi) is 8.78. The van der Waals surface area contributed by atoms with Crippen LogP contribution in [0.5, 0.6) is 0 Å². The highest BCUT2D eigenvalue weighted by Gasteiger charge is 2.24. The third kappa shape index (κ3) is 6.09. The number of hydrogen-bond donors (Lipinski definition) is 1. The second-order valence-electron chi connectivity index (χ2n) is 7.28. The number of ether oxygens (including phenoxy) is 1. The summed E-state index contributed by atoms with van der Waals surface area (Å²) in [6, 6.07) is 15.5. The van der Waals surface area contributed by atoms with Gasteiger partial charge in [-0.15, -0.1) is 11.8 Å². The molecule has 30 heavy (non-hydrogen) atoms. The SMILES string of the molecule is CCCCOCCCNC(=O)c1ccccc1SCC(=O)N1CCc2ccccc21. The molecule has 0 unspecified atom stereocenters. The van der Waals surface area contributed by atoms with Crippen LogP contribution >= 0.6 is 11.8 Å². The van der Waals surface area contributed by atoms with E-state index >= 15 is 0 Å². The summed E-state index contributed by atoms with van der Waals surface area (Å²) in [5.41, 5.74) is 2.84. The molecule has 0 radical (unpaired) electrons. The van der Waals surface area contributed by atoms with Crippen molar-refractivity contribution in [2.45, 2.75) is 37.5 Å². The van der Waals surface area contributed by atoms with Gasteiger partial charge in [0, 0.05) is 36.9 Å². The number of rotatable bonds is 11. The molecule has 2 amide bonds. The van der Waals surface area contributed by atoms with Gasteiger partial charge in [-0.1, -0.05) is 43.7 Å². The van der Waals surface area contributed by atoms with Crippen LogP contribution in [0.3, 0.4) is 0 Å². The average Bonchev–Trinajstić information content (AvgIpc) is 3.21. The number of nitrogens with zero attached hydrogens (tertiary/aromatic N) is 1. The molecule has 0 spiro atoms. The minimum Gasteiger partial charge on any atom is -0.381 e. The first-order valence-electron chi connectivity index (χ1n) is 10.7. The van der Waals surface area contributed by atoms with Gasteiger partial charge >= 0.3 is 0 Å². The minimum absolute atomic E-state index is 0.0735. The number of fused-ring (bicyclic) bond motifs is 1. The average molecular weight is 427 g/mol. The summed E-state index contributed by atoms with van der Waals surface area (Å²) in [4.78, 5) is 28.1. The predicted octanol–water partition coefficient (Wildman–Crippen LogP) is 4.30. The minimum atomic E-state index is -0.106. The number of anilines is 1. The van der Waals surface area contributed by atoms with Crippen molar-refractivity contribution in [3.8, 4) is 0 Å². The van der Waals surface area contributed by atoms with Crippen LogP contribution in [0.25, 0.3) is 0 Å². The van der Waals surface area contributed by atoms with E-state index in [1.54, 1.807) is 0 Å². The van der Waals surface area contributed by atoms with Gasteiger partial charge in [0.1, 0.15) is 0 Å². The van der Waals surface area contributed by atoms with Crippen molar-refractivity contribution in [3.05, 3.63) is 59.7 Å². The molecule has 0 saturated heterocycles. The molecule has 6 heteroatoms. The summed E-state index contributed by atoms with van der Waals surface area (Å²) in [6.45, 7) is 4.87. The summed E-state index contributed by atoms with van der Waals surface area (Å²) in [5, 5.41) is 2.96. The molecule has 1 aliphatic rings. The fourth-order valence-electron chi connectivity index (χ4n) is 3.41. The van der Waals surface area contributed by atoms with Gasteiger partial charge in [0.25, 0.3) is 5.91 Å². The van der Waals surface area contributed by atoms with Crippen molar-refractivity contribution in [3.63, 3.8) is 0 Å². The smallest absolute Gasteiger partial charge is 0.252 e. The van der Waals surface area contributed by atoms with Gasteiger partial charge in [0.15, 0.2) is 0 Å². The molecule has 0 aromatic heterocycles. The van der Waals surface area contributed by atoms with Crippen LogP contribution in [0.15, 0.2) is 53.4 Å². The summed E-state index contributed by atoms with van der Waals surface area (Å²) in [5.74, 6) is 0.277. The molecule has 1 N–H and O–H groups in total. The second kappa shape index (κ2) is 11.8. The number of carbonyl (C=O) groups is 2. The lowest BCUT2D eigenvalue weighted by Gasteiger charge is -2.17. The molecule has 0 fully saturated rings. The fraction of sp³-hybridized carbons (Fsp3) is 0.417. The zero-order chi connectivity index (χ0) is 21.2. The van der Waals surface area contributed by atoms with Gasteiger partial charge in [-0.05, 0) is 43.0 Å². The Morgan fingerprint density at radius 1 is 1.07 bits per heavy atom. The van der Waals surface area contributed by atoms with Crippen LogP contribution in [0, 0.1) is 0 Å². The van der Waals surface area contributed by atoms with Crippen molar-refractivity contribution in [1.82, 2.24) is 5.32 Å². The lowest BCUT2D eigenvalue weighted by atomic mass is 10.2. The van der Waals surface area contributed by atoms with E-state index in [4.69, 9.17) is 4.74 Å². The first kappa shape index (κ1) is 22.4. The van der Waals surface area contributed by atoms with Crippen LogP contribution in [-0.4, -0.2) is 43.9 Å². The maximum atomic E-state index is 12.8. The van der Waals surface area contributed by atoms with E-state index in [0.717, 1.165) is 49.4 Å². The molecule has 0 aliphatic carbocycles. The van der Waals surface area contributed by atoms with Crippen molar-refractivity contribution >= 4 is 29.3 Å². The first-order chi connectivity index (χ1) is 14.7. The number of nitrogens with one attached hydrogen (secondary N) is 1. The Labute approximate surface area is 183 Å². The number of unbranched alkanes of at least 4 members (excludes halogenated alkanes) is 1. The van der Waals surface area contributed by atoms with E-state index in [2.05, 4.69) is 18.3 Å².